The van der Waals surface area contributed by atoms with Gasteiger partial charge >= 0.3 is 6.18 Å². The van der Waals surface area contributed by atoms with Crippen LogP contribution < -0.4 is 10.6 Å². The van der Waals surface area contributed by atoms with E-state index in [1.165, 1.54) is 12.1 Å². The molecule has 2 atom stereocenters. The van der Waals surface area contributed by atoms with Crippen LogP contribution in [0.3, 0.4) is 0 Å². The monoisotopic (exact) mass is 369 g/mol. The van der Waals surface area contributed by atoms with Crippen LogP contribution in [0.15, 0.2) is 24.3 Å². The molecule has 0 radical (unpaired) electrons. The summed E-state index contributed by atoms with van der Waals surface area (Å²) in [6.45, 7) is 2.89. The third-order valence-corrected chi connectivity index (χ3v) is 5.25. The Balaban J connectivity index is 1.57. The largest absolute Gasteiger partial charge is 0.417 e. The molecule has 1 aromatic rings. The second kappa shape index (κ2) is 7.65. The second-order valence-corrected chi connectivity index (χ2v) is 6.86. The van der Waals surface area contributed by atoms with Crippen LogP contribution in [0, 0.1) is 11.8 Å². The maximum atomic E-state index is 13.0. The van der Waals surface area contributed by atoms with E-state index in [0.717, 1.165) is 38.1 Å². The molecule has 142 valence electrons. The standard InChI is InChI=1S/C18H22F3N3O2/c19-18(20,21)15-4-2-1-3-14(15)17(26)23-11-16(25)24-7-5-12-9-22-10-13(12)6-8-24/h1-4,12-13,22H,5-11H2,(H,23,26)/t12-,13+. The van der Waals surface area contributed by atoms with Crippen molar-refractivity contribution in [3.63, 3.8) is 0 Å². The first-order chi connectivity index (χ1) is 12.4. The summed E-state index contributed by atoms with van der Waals surface area (Å²) in [5.74, 6) is 0.0000428. The zero-order valence-electron chi connectivity index (χ0n) is 14.3. The number of nitrogens with one attached hydrogen (secondary N) is 2. The van der Waals surface area contributed by atoms with Gasteiger partial charge in [0.2, 0.25) is 5.91 Å². The molecule has 0 unspecified atom stereocenters. The van der Waals surface area contributed by atoms with Crippen LogP contribution in [0.4, 0.5) is 13.2 Å². The van der Waals surface area contributed by atoms with Gasteiger partial charge < -0.3 is 15.5 Å². The SMILES string of the molecule is O=C(NCC(=O)N1CC[C@@H]2CNC[C@@H]2CC1)c1ccccc1C(F)(F)F. The number of alkyl halides is 3. The molecule has 0 saturated carbocycles. The van der Waals surface area contributed by atoms with E-state index in [9.17, 15) is 22.8 Å². The number of amides is 2. The van der Waals surface area contributed by atoms with E-state index in [-0.39, 0.29) is 12.5 Å². The quantitative estimate of drug-likeness (QED) is 0.856. The van der Waals surface area contributed by atoms with Crippen molar-refractivity contribution in [3.8, 4) is 0 Å². The van der Waals surface area contributed by atoms with Crippen LogP contribution in [0.5, 0.6) is 0 Å². The number of nitrogens with zero attached hydrogens (tertiary/aromatic N) is 1. The third-order valence-electron chi connectivity index (χ3n) is 5.25. The van der Waals surface area contributed by atoms with E-state index in [4.69, 9.17) is 0 Å². The fourth-order valence-electron chi connectivity index (χ4n) is 3.76. The number of hydrogen-bond donors (Lipinski definition) is 2. The van der Waals surface area contributed by atoms with E-state index < -0.39 is 23.2 Å². The summed E-state index contributed by atoms with van der Waals surface area (Å²) in [6.07, 6.45) is -2.79. The average Bonchev–Trinajstić information content (AvgIpc) is 2.97. The molecular formula is C18H22F3N3O2. The lowest BCUT2D eigenvalue weighted by molar-refractivity contribution is -0.137. The Morgan fingerprint density at radius 1 is 1.12 bits per heavy atom. The van der Waals surface area contributed by atoms with Gasteiger partial charge in [0.25, 0.3) is 5.91 Å². The number of likely N-dealkylation sites (tertiary alicyclic amines) is 1. The molecule has 0 spiro atoms. The highest BCUT2D eigenvalue weighted by Gasteiger charge is 2.35. The topological polar surface area (TPSA) is 61.4 Å². The zero-order valence-corrected chi connectivity index (χ0v) is 14.3. The van der Waals surface area contributed by atoms with E-state index in [0.29, 0.717) is 24.9 Å². The smallest absolute Gasteiger partial charge is 0.343 e. The maximum absolute atomic E-state index is 13.0. The highest BCUT2D eigenvalue weighted by Crippen LogP contribution is 2.31. The highest BCUT2D eigenvalue weighted by molar-refractivity contribution is 5.97. The van der Waals surface area contributed by atoms with Gasteiger partial charge in [0.1, 0.15) is 0 Å². The Bertz CT molecular complexity index is 664. The fraction of sp³-hybridized carbons (Fsp3) is 0.556. The fourth-order valence-corrected chi connectivity index (χ4v) is 3.76. The number of hydrogen-bond acceptors (Lipinski definition) is 3. The van der Waals surface area contributed by atoms with Crippen molar-refractivity contribution < 1.29 is 22.8 Å². The summed E-state index contributed by atoms with van der Waals surface area (Å²) in [5.41, 5.74) is -1.47. The lowest BCUT2D eigenvalue weighted by Crippen LogP contribution is -2.41. The van der Waals surface area contributed by atoms with Crippen molar-refractivity contribution in [2.75, 3.05) is 32.7 Å². The van der Waals surface area contributed by atoms with Crippen molar-refractivity contribution in [2.45, 2.75) is 19.0 Å². The molecule has 2 saturated heterocycles. The molecule has 0 aliphatic carbocycles. The first-order valence-electron chi connectivity index (χ1n) is 8.79. The Kier molecular flexibility index (Phi) is 5.50. The molecule has 2 heterocycles. The number of rotatable bonds is 3. The Labute approximate surface area is 149 Å². The van der Waals surface area contributed by atoms with Crippen LogP contribution in [-0.4, -0.2) is 49.4 Å². The van der Waals surface area contributed by atoms with Crippen molar-refractivity contribution >= 4 is 11.8 Å². The molecule has 2 aliphatic heterocycles. The van der Waals surface area contributed by atoms with Gasteiger partial charge in [-0.1, -0.05) is 12.1 Å². The normalized spacial score (nSPS) is 23.3. The van der Waals surface area contributed by atoms with Crippen molar-refractivity contribution in [1.82, 2.24) is 15.5 Å². The summed E-state index contributed by atoms with van der Waals surface area (Å²) in [5, 5.41) is 5.70. The predicted octanol–water partition coefficient (Wildman–Crippen LogP) is 1.89. The minimum atomic E-state index is -4.62. The summed E-state index contributed by atoms with van der Waals surface area (Å²) >= 11 is 0. The van der Waals surface area contributed by atoms with Gasteiger partial charge in [-0.15, -0.1) is 0 Å². The first-order valence-corrected chi connectivity index (χ1v) is 8.79. The van der Waals surface area contributed by atoms with E-state index >= 15 is 0 Å². The summed E-state index contributed by atoms with van der Waals surface area (Å²) < 4.78 is 39.0. The number of fused-ring (bicyclic) bond motifs is 1. The van der Waals surface area contributed by atoms with Crippen molar-refractivity contribution in [2.24, 2.45) is 11.8 Å². The highest BCUT2D eigenvalue weighted by atomic mass is 19.4. The van der Waals surface area contributed by atoms with Gasteiger partial charge in [0.15, 0.2) is 0 Å². The van der Waals surface area contributed by atoms with Gasteiger partial charge in [0.05, 0.1) is 17.7 Å². The molecule has 2 fully saturated rings. The van der Waals surface area contributed by atoms with Crippen molar-refractivity contribution in [1.29, 1.82) is 0 Å². The minimum Gasteiger partial charge on any atom is -0.343 e. The van der Waals surface area contributed by atoms with E-state index in [1.54, 1.807) is 4.90 Å². The van der Waals surface area contributed by atoms with Crippen molar-refractivity contribution in [3.05, 3.63) is 35.4 Å². The number of carbonyl (C=O) groups is 2. The minimum absolute atomic E-state index is 0.254. The molecule has 1 aromatic carbocycles. The Hall–Kier alpha value is -2.09. The summed E-state index contributed by atoms with van der Waals surface area (Å²) in [4.78, 5) is 26.2. The van der Waals surface area contributed by atoms with Crippen LogP contribution in [0.25, 0.3) is 0 Å². The average molecular weight is 369 g/mol. The first kappa shape index (κ1) is 18.7. The second-order valence-electron chi connectivity index (χ2n) is 6.86. The molecule has 8 heteroatoms. The molecule has 3 rings (SSSR count). The van der Waals surface area contributed by atoms with E-state index in [2.05, 4.69) is 10.6 Å². The summed E-state index contributed by atoms with van der Waals surface area (Å²) in [7, 11) is 0. The van der Waals surface area contributed by atoms with Crippen LogP contribution in [0.2, 0.25) is 0 Å². The summed E-state index contributed by atoms with van der Waals surface area (Å²) in [6, 6.07) is 4.57. The Morgan fingerprint density at radius 2 is 1.73 bits per heavy atom. The third kappa shape index (κ3) is 4.17. The zero-order chi connectivity index (χ0) is 18.7. The molecule has 0 bridgehead atoms. The molecule has 26 heavy (non-hydrogen) atoms. The number of benzene rings is 1. The number of halogens is 3. The lowest BCUT2D eigenvalue weighted by Gasteiger charge is -2.21. The Morgan fingerprint density at radius 3 is 2.35 bits per heavy atom. The van der Waals surface area contributed by atoms with E-state index in [1.807, 2.05) is 0 Å². The van der Waals surface area contributed by atoms with Crippen LogP contribution >= 0.6 is 0 Å². The molecule has 2 N–H and O–H groups in total. The van der Waals surface area contributed by atoms with Crippen LogP contribution in [0.1, 0.15) is 28.8 Å². The van der Waals surface area contributed by atoms with Gasteiger partial charge in [-0.05, 0) is 49.9 Å². The predicted molar refractivity (Wildman–Crippen MR) is 89.4 cm³/mol. The van der Waals surface area contributed by atoms with Gasteiger partial charge in [-0.2, -0.15) is 13.2 Å². The van der Waals surface area contributed by atoms with Gasteiger partial charge in [-0.3, -0.25) is 9.59 Å². The van der Waals surface area contributed by atoms with Gasteiger partial charge in [-0.25, -0.2) is 0 Å². The molecular weight excluding hydrogens is 347 g/mol. The molecule has 2 aliphatic rings. The molecule has 2 amide bonds. The maximum Gasteiger partial charge on any atom is 0.417 e. The molecule has 5 nitrogen and oxygen atoms in total. The van der Waals surface area contributed by atoms with Crippen LogP contribution in [-0.2, 0) is 11.0 Å². The lowest BCUT2D eigenvalue weighted by atomic mass is 9.92. The van der Waals surface area contributed by atoms with Gasteiger partial charge in [0, 0.05) is 13.1 Å². The number of carbonyl (C=O) groups excluding carboxylic acids is 2. The molecule has 0 aromatic heterocycles.